The summed E-state index contributed by atoms with van der Waals surface area (Å²) in [5.41, 5.74) is 9.21. The lowest BCUT2D eigenvalue weighted by atomic mass is 10.1. The molecular weight excluding hydrogens is 549 g/mol. The van der Waals surface area contributed by atoms with Gasteiger partial charge in [0.2, 0.25) is 0 Å². The van der Waals surface area contributed by atoms with E-state index in [0.29, 0.717) is 48.5 Å². The number of hydrogen-bond acceptors (Lipinski definition) is 8. The number of aryl methyl sites for hydroxylation is 1. The monoisotopic (exact) mass is 576 g/mol. The SMILES string of the molecule is CC(Oc1cc(-c2nn(C)c3c(N4CCOCC4)cnc(N)c23)ccc1NS(=O)(=O)C(F)F)c1ccc(F)cc1. The van der Waals surface area contributed by atoms with Gasteiger partial charge in [0.15, 0.2) is 0 Å². The second kappa shape index (κ2) is 10.8. The van der Waals surface area contributed by atoms with Crippen molar-refractivity contribution in [3.63, 3.8) is 0 Å². The Balaban J connectivity index is 1.61. The van der Waals surface area contributed by atoms with Crippen LogP contribution in [0.2, 0.25) is 0 Å². The molecule has 3 N–H and O–H groups in total. The average molecular weight is 577 g/mol. The minimum absolute atomic E-state index is 0.0341. The van der Waals surface area contributed by atoms with Gasteiger partial charge in [-0.2, -0.15) is 13.9 Å². The molecule has 2 aromatic heterocycles. The molecule has 0 saturated carbocycles. The normalized spacial score (nSPS) is 15.0. The highest BCUT2D eigenvalue weighted by Gasteiger charge is 2.27. The second-order valence-electron chi connectivity index (χ2n) is 9.25. The molecule has 3 heterocycles. The molecule has 1 saturated heterocycles. The number of nitrogens with one attached hydrogen (secondary N) is 1. The third kappa shape index (κ3) is 5.36. The van der Waals surface area contributed by atoms with Crippen molar-refractivity contribution in [2.75, 3.05) is 41.7 Å². The van der Waals surface area contributed by atoms with Crippen LogP contribution in [0.25, 0.3) is 22.2 Å². The lowest BCUT2D eigenvalue weighted by Crippen LogP contribution is -2.36. The number of nitrogens with zero attached hydrogens (tertiary/aromatic N) is 4. The lowest BCUT2D eigenvalue weighted by molar-refractivity contribution is 0.123. The minimum Gasteiger partial charge on any atom is -0.484 e. The molecule has 4 aromatic rings. The molecule has 1 aliphatic rings. The number of anilines is 3. The summed E-state index contributed by atoms with van der Waals surface area (Å²) in [7, 11) is -3.22. The summed E-state index contributed by atoms with van der Waals surface area (Å²) >= 11 is 0. The van der Waals surface area contributed by atoms with E-state index in [-0.39, 0.29) is 17.3 Å². The van der Waals surface area contributed by atoms with Crippen LogP contribution in [0, 0.1) is 5.82 Å². The fourth-order valence-electron chi connectivity index (χ4n) is 4.60. The maximum atomic E-state index is 13.4. The number of ether oxygens (including phenoxy) is 2. The molecule has 0 radical (unpaired) electrons. The zero-order chi connectivity index (χ0) is 28.6. The van der Waals surface area contributed by atoms with E-state index in [1.54, 1.807) is 24.9 Å². The van der Waals surface area contributed by atoms with Gasteiger partial charge < -0.3 is 20.1 Å². The number of alkyl halides is 2. The Hall–Kier alpha value is -4.04. The van der Waals surface area contributed by atoms with Gasteiger partial charge in [0.25, 0.3) is 10.0 Å². The van der Waals surface area contributed by atoms with Gasteiger partial charge in [0, 0.05) is 25.7 Å². The number of halogens is 3. The van der Waals surface area contributed by atoms with Crippen LogP contribution in [0.15, 0.2) is 48.7 Å². The summed E-state index contributed by atoms with van der Waals surface area (Å²) in [5, 5.41) is 5.25. The summed E-state index contributed by atoms with van der Waals surface area (Å²) in [6.07, 6.45) is 1.00. The van der Waals surface area contributed by atoms with Gasteiger partial charge in [-0.05, 0) is 36.8 Å². The molecule has 2 aromatic carbocycles. The van der Waals surface area contributed by atoms with Crippen LogP contribution < -0.4 is 20.1 Å². The Morgan fingerprint density at radius 2 is 1.82 bits per heavy atom. The van der Waals surface area contributed by atoms with Crippen molar-refractivity contribution in [3.05, 3.63) is 60.0 Å². The molecule has 40 heavy (non-hydrogen) atoms. The zero-order valence-corrected chi connectivity index (χ0v) is 22.5. The third-order valence-corrected chi connectivity index (χ3v) is 7.58. The maximum absolute atomic E-state index is 13.4. The molecule has 0 aliphatic carbocycles. The maximum Gasteiger partial charge on any atom is 0.355 e. The molecule has 0 spiro atoms. The van der Waals surface area contributed by atoms with Gasteiger partial charge in [-0.3, -0.25) is 9.40 Å². The summed E-state index contributed by atoms with van der Waals surface area (Å²) < 4.78 is 78.9. The smallest absolute Gasteiger partial charge is 0.355 e. The highest BCUT2D eigenvalue weighted by Crippen LogP contribution is 2.40. The van der Waals surface area contributed by atoms with E-state index in [1.807, 2.05) is 4.72 Å². The molecule has 0 amide bonds. The number of nitrogen functional groups attached to an aromatic ring is 1. The van der Waals surface area contributed by atoms with Crippen LogP contribution in [0.5, 0.6) is 5.75 Å². The third-order valence-electron chi connectivity index (χ3n) is 6.61. The van der Waals surface area contributed by atoms with Crippen molar-refractivity contribution in [1.82, 2.24) is 14.8 Å². The quantitative estimate of drug-likeness (QED) is 0.318. The van der Waals surface area contributed by atoms with Gasteiger partial charge in [-0.25, -0.2) is 17.8 Å². The van der Waals surface area contributed by atoms with Crippen LogP contribution in [-0.4, -0.2) is 55.2 Å². The molecule has 0 bridgehead atoms. The van der Waals surface area contributed by atoms with Gasteiger partial charge in [-0.15, -0.1) is 0 Å². The second-order valence-corrected chi connectivity index (χ2v) is 10.9. The van der Waals surface area contributed by atoms with Crippen molar-refractivity contribution >= 4 is 38.1 Å². The highest BCUT2D eigenvalue weighted by atomic mass is 32.2. The summed E-state index contributed by atoms with van der Waals surface area (Å²) in [6.45, 7) is 4.13. The predicted molar refractivity (Wildman–Crippen MR) is 145 cm³/mol. The van der Waals surface area contributed by atoms with E-state index in [9.17, 15) is 21.6 Å². The fourth-order valence-corrected chi connectivity index (χ4v) is 5.16. The largest absolute Gasteiger partial charge is 0.484 e. The number of aromatic nitrogens is 3. The number of pyridine rings is 1. The predicted octanol–water partition coefficient (Wildman–Crippen LogP) is 4.30. The van der Waals surface area contributed by atoms with Gasteiger partial charge in [-0.1, -0.05) is 18.2 Å². The van der Waals surface area contributed by atoms with E-state index in [0.717, 1.165) is 11.2 Å². The molecular formula is C26H27F3N6O4S. The fraction of sp³-hybridized carbons (Fsp3) is 0.308. The Bertz CT molecular complexity index is 1640. The van der Waals surface area contributed by atoms with Crippen molar-refractivity contribution in [1.29, 1.82) is 0 Å². The van der Waals surface area contributed by atoms with E-state index < -0.39 is 27.7 Å². The van der Waals surface area contributed by atoms with Gasteiger partial charge in [0.1, 0.15) is 29.2 Å². The van der Waals surface area contributed by atoms with Crippen LogP contribution in [0.4, 0.5) is 30.4 Å². The molecule has 1 fully saturated rings. The first-order valence-corrected chi connectivity index (χ1v) is 13.9. The van der Waals surface area contributed by atoms with Crippen LogP contribution in [-0.2, 0) is 21.8 Å². The number of sulfonamides is 1. The highest BCUT2D eigenvalue weighted by molar-refractivity contribution is 7.93. The van der Waals surface area contributed by atoms with Crippen molar-refractivity contribution in [3.8, 4) is 17.0 Å². The number of morpholine rings is 1. The molecule has 10 nitrogen and oxygen atoms in total. The number of hydrogen-bond donors (Lipinski definition) is 2. The Labute approximate surface area is 228 Å². The van der Waals surface area contributed by atoms with Crippen LogP contribution >= 0.6 is 0 Å². The number of nitrogens with two attached hydrogens (primary N) is 1. The molecule has 1 atom stereocenters. The Morgan fingerprint density at radius 1 is 1.12 bits per heavy atom. The molecule has 5 rings (SSSR count). The van der Waals surface area contributed by atoms with Crippen molar-refractivity contribution in [2.45, 2.75) is 18.8 Å². The first-order chi connectivity index (χ1) is 19.0. The van der Waals surface area contributed by atoms with E-state index >= 15 is 0 Å². The zero-order valence-electron chi connectivity index (χ0n) is 21.6. The number of benzene rings is 2. The van der Waals surface area contributed by atoms with Crippen LogP contribution in [0.1, 0.15) is 18.6 Å². The van der Waals surface area contributed by atoms with Crippen molar-refractivity contribution in [2.24, 2.45) is 7.05 Å². The Morgan fingerprint density at radius 3 is 2.50 bits per heavy atom. The Kier molecular flexibility index (Phi) is 7.47. The molecule has 212 valence electrons. The van der Waals surface area contributed by atoms with Crippen LogP contribution in [0.3, 0.4) is 0 Å². The van der Waals surface area contributed by atoms with E-state index in [4.69, 9.17) is 15.2 Å². The lowest BCUT2D eigenvalue weighted by Gasteiger charge is -2.29. The standard InChI is InChI=1S/C26H27F3N6O4S/c1-15(16-3-6-18(27)7-4-16)39-21-13-17(5-8-19(21)33-40(36,37)26(28)29)23-22-24(34(2)32-23)20(14-31-25(22)30)35-9-11-38-12-10-35/h3-8,13-15,26,33H,9-12H2,1-2H3,(H2,30,31). The van der Waals surface area contributed by atoms with Gasteiger partial charge >= 0.3 is 5.76 Å². The van der Waals surface area contributed by atoms with E-state index in [1.165, 1.54) is 42.5 Å². The molecule has 14 heteroatoms. The minimum atomic E-state index is -4.99. The summed E-state index contributed by atoms with van der Waals surface area (Å²) in [5.74, 6) is -3.89. The van der Waals surface area contributed by atoms with Gasteiger partial charge in [0.05, 0.1) is 41.7 Å². The molecule has 1 aliphatic heterocycles. The number of fused-ring (bicyclic) bond motifs is 1. The van der Waals surface area contributed by atoms with Crippen molar-refractivity contribution < 1.29 is 31.1 Å². The first-order valence-electron chi connectivity index (χ1n) is 12.4. The first kappa shape index (κ1) is 27.5. The topological polar surface area (TPSA) is 125 Å². The molecule has 1 unspecified atom stereocenters. The summed E-state index contributed by atoms with van der Waals surface area (Å²) in [6, 6.07) is 9.88. The number of rotatable bonds is 8. The van der Waals surface area contributed by atoms with E-state index in [2.05, 4.69) is 15.0 Å². The average Bonchev–Trinajstić information content (AvgIpc) is 3.28. The summed E-state index contributed by atoms with van der Waals surface area (Å²) in [4.78, 5) is 6.52.